The van der Waals surface area contributed by atoms with Gasteiger partial charge in [0, 0.05) is 18.2 Å². The summed E-state index contributed by atoms with van der Waals surface area (Å²) in [5.41, 5.74) is 0.286. The first-order chi connectivity index (χ1) is 9.52. The summed E-state index contributed by atoms with van der Waals surface area (Å²) in [7, 11) is 0. The van der Waals surface area contributed by atoms with Crippen molar-refractivity contribution in [2.75, 3.05) is 13.2 Å². The summed E-state index contributed by atoms with van der Waals surface area (Å²) in [5, 5.41) is 0. The highest BCUT2D eigenvalue weighted by Gasteiger charge is 2.31. The molecule has 0 aromatic heterocycles. The molecule has 1 amide bonds. The van der Waals surface area contributed by atoms with Gasteiger partial charge < -0.3 is 9.64 Å². The summed E-state index contributed by atoms with van der Waals surface area (Å²) in [6.45, 7) is 3.74. The molecule has 1 fully saturated rings. The molecule has 0 heterocycles. The van der Waals surface area contributed by atoms with E-state index in [1.165, 1.54) is 19.1 Å². The number of Topliss-reactive ketones (excluding diaryl/α,β-unsaturated/α-hetero) is 1. The van der Waals surface area contributed by atoms with E-state index in [0.29, 0.717) is 12.6 Å². The molecule has 0 saturated heterocycles. The summed E-state index contributed by atoms with van der Waals surface area (Å²) in [6.07, 6.45) is 2.06. The maximum absolute atomic E-state index is 13.7. The molecule has 5 heteroatoms. The van der Waals surface area contributed by atoms with Gasteiger partial charge in [0.1, 0.15) is 0 Å². The van der Waals surface area contributed by atoms with Crippen LogP contribution in [-0.2, 0) is 4.79 Å². The zero-order valence-electron chi connectivity index (χ0n) is 11.7. The topological polar surface area (TPSA) is 46.6 Å². The average molecular weight is 279 g/mol. The minimum atomic E-state index is -0.625. The number of likely N-dealkylation sites (N-methyl/N-ethyl adjacent to an activating group) is 1. The molecule has 1 aromatic rings. The Balaban J connectivity index is 1.96. The molecule has 0 atom stereocenters. The van der Waals surface area contributed by atoms with Crippen LogP contribution in [0.4, 0.5) is 4.39 Å². The highest BCUT2D eigenvalue weighted by atomic mass is 19.1. The number of ketones is 1. The standard InChI is InChI=1S/C15H18FNO3/c1-3-17(12-5-6-12)15(19)9-20-14-7-4-11(10(2)18)8-13(14)16/h4,7-8,12H,3,5-6,9H2,1-2H3. The lowest BCUT2D eigenvalue weighted by Crippen LogP contribution is -2.36. The number of carbonyl (C=O) groups excluding carboxylic acids is 2. The van der Waals surface area contributed by atoms with E-state index in [9.17, 15) is 14.0 Å². The van der Waals surface area contributed by atoms with Crippen LogP contribution in [0.1, 0.15) is 37.0 Å². The SMILES string of the molecule is CCN(C(=O)COc1ccc(C(C)=O)cc1F)C1CC1. The molecule has 108 valence electrons. The van der Waals surface area contributed by atoms with E-state index in [0.717, 1.165) is 18.9 Å². The highest BCUT2D eigenvalue weighted by molar-refractivity contribution is 5.94. The van der Waals surface area contributed by atoms with E-state index < -0.39 is 5.82 Å². The van der Waals surface area contributed by atoms with Gasteiger partial charge in [-0.25, -0.2) is 4.39 Å². The normalized spacial score (nSPS) is 13.9. The van der Waals surface area contributed by atoms with Crippen molar-refractivity contribution in [3.8, 4) is 5.75 Å². The zero-order chi connectivity index (χ0) is 14.7. The van der Waals surface area contributed by atoms with Gasteiger partial charge in [0.25, 0.3) is 5.91 Å². The first-order valence-corrected chi connectivity index (χ1v) is 6.75. The Morgan fingerprint density at radius 2 is 2.10 bits per heavy atom. The van der Waals surface area contributed by atoms with Crippen molar-refractivity contribution < 1.29 is 18.7 Å². The van der Waals surface area contributed by atoms with Crippen molar-refractivity contribution in [3.05, 3.63) is 29.6 Å². The molecule has 0 bridgehead atoms. The van der Waals surface area contributed by atoms with Crippen LogP contribution in [0.2, 0.25) is 0 Å². The van der Waals surface area contributed by atoms with Crippen LogP contribution >= 0.6 is 0 Å². The molecular weight excluding hydrogens is 261 g/mol. The molecule has 2 rings (SSSR count). The smallest absolute Gasteiger partial charge is 0.260 e. The maximum atomic E-state index is 13.7. The van der Waals surface area contributed by atoms with Crippen LogP contribution in [0.25, 0.3) is 0 Å². The number of halogens is 1. The summed E-state index contributed by atoms with van der Waals surface area (Å²) >= 11 is 0. The van der Waals surface area contributed by atoms with Crippen LogP contribution < -0.4 is 4.74 Å². The minimum Gasteiger partial charge on any atom is -0.481 e. The zero-order valence-corrected chi connectivity index (χ0v) is 11.7. The first kappa shape index (κ1) is 14.5. The van der Waals surface area contributed by atoms with Gasteiger partial charge in [0.2, 0.25) is 0 Å². The molecule has 20 heavy (non-hydrogen) atoms. The number of hydrogen-bond donors (Lipinski definition) is 0. The largest absolute Gasteiger partial charge is 0.481 e. The van der Waals surface area contributed by atoms with E-state index in [4.69, 9.17) is 4.74 Å². The van der Waals surface area contributed by atoms with Gasteiger partial charge in [-0.05, 0) is 44.9 Å². The summed E-state index contributed by atoms with van der Waals surface area (Å²) in [4.78, 5) is 24.8. The molecule has 0 radical (unpaired) electrons. The third-order valence-electron chi connectivity index (χ3n) is 3.34. The van der Waals surface area contributed by atoms with Crippen LogP contribution in [0.15, 0.2) is 18.2 Å². The quantitative estimate of drug-likeness (QED) is 0.751. The van der Waals surface area contributed by atoms with Crippen molar-refractivity contribution in [1.29, 1.82) is 0 Å². The fourth-order valence-corrected chi connectivity index (χ4v) is 2.08. The van der Waals surface area contributed by atoms with Crippen LogP contribution in [-0.4, -0.2) is 35.8 Å². The van der Waals surface area contributed by atoms with Gasteiger partial charge in [-0.1, -0.05) is 0 Å². The van der Waals surface area contributed by atoms with E-state index in [-0.39, 0.29) is 29.6 Å². The van der Waals surface area contributed by atoms with Gasteiger partial charge in [-0.3, -0.25) is 9.59 Å². The predicted octanol–water partition coefficient (Wildman–Crippen LogP) is 2.42. The lowest BCUT2D eigenvalue weighted by atomic mass is 10.1. The van der Waals surface area contributed by atoms with E-state index in [2.05, 4.69) is 0 Å². The number of benzene rings is 1. The molecule has 1 saturated carbocycles. The van der Waals surface area contributed by atoms with E-state index >= 15 is 0 Å². The van der Waals surface area contributed by atoms with Crippen molar-refractivity contribution in [1.82, 2.24) is 4.90 Å². The maximum Gasteiger partial charge on any atom is 0.260 e. The van der Waals surface area contributed by atoms with Crippen molar-refractivity contribution >= 4 is 11.7 Å². The van der Waals surface area contributed by atoms with Gasteiger partial charge in [0.15, 0.2) is 24.0 Å². The number of carbonyl (C=O) groups is 2. The van der Waals surface area contributed by atoms with Crippen LogP contribution in [0.5, 0.6) is 5.75 Å². The van der Waals surface area contributed by atoms with Gasteiger partial charge in [0.05, 0.1) is 0 Å². The second-order valence-electron chi connectivity index (χ2n) is 4.90. The fourth-order valence-electron chi connectivity index (χ4n) is 2.08. The number of hydrogen-bond acceptors (Lipinski definition) is 3. The minimum absolute atomic E-state index is 0.00444. The monoisotopic (exact) mass is 279 g/mol. The highest BCUT2D eigenvalue weighted by Crippen LogP contribution is 2.26. The number of rotatable bonds is 6. The van der Waals surface area contributed by atoms with Gasteiger partial charge in [-0.2, -0.15) is 0 Å². The van der Waals surface area contributed by atoms with Gasteiger partial charge >= 0.3 is 0 Å². The Labute approximate surface area is 117 Å². The molecule has 4 nitrogen and oxygen atoms in total. The molecular formula is C15H18FNO3. The lowest BCUT2D eigenvalue weighted by Gasteiger charge is -2.20. The van der Waals surface area contributed by atoms with E-state index in [1.54, 1.807) is 4.90 Å². The Hall–Kier alpha value is -1.91. The Morgan fingerprint density at radius 1 is 1.40 bits per heavy atom. The Morgan fingerprint density at radius 3 is 2.60 bits per heavy atom. The van der Waals surface area contributed by atoms with Crippen molar-refractivity contribution in [2.24, 2.45) is 0 Å². The molecule has 0 N–H and O–H groups in total. The number of amides is 1. The first-order valence-electron chi connectivity index (χ1n) is 6.75. The van der Waals surface area contributed by atoms with Crippen LogP contribution in [0.3, 0.4) is 0 Å². The molecule has 1 aliphatic carbocycles. The summed E-state index contributed by atoms with van der Waals surface area (Å²) in [6, 6.07) is 4.32. The van der Waals surface area contributed by atoms with Crippen LogP contribution in [0, 0.1) is 5.82 Å². The van der Waals surface area contributed by atoms with Crippen molar-refractivity contribution in [3.63, 3.8) is 0 Å². The van der Waals surface area contributed by atoms with Gasteiger partial charge in [-0.15, -0.1) is 0 Å². The molecule has 0 aliphatic heterocycles. The number of ether oxygens (including phenoxy) is 1. The number of nitrogens with zero attached hydrogens (tertiary/aromatic N) is 1. The molecule has 1 aromatic carbocycles. The second kappa shape index (κ2) is 6.03. The van der Waals surface area contributed by atoms with Crippen molar-refractivity contribution in [2.45, 2.75) is 32.7 Å². The second-order valence-corrected chi connectivity index (χ2v) is 4.90. The third kappa shape index (κ3) is 3.35. The third-order valence-corrected chi connectivity index (χ3v) is 3.34. The fraction of sp³-hybridized carbons (Fsp3) is 0.467. The Bertz CT molecular complexity index is 526. The van der Waals surface area contributed by atoms with E-state index in [1.807, 2.05) is 6.92 Å². The summed E-state index contributed by atoms with van der Waals surface area (Å²) in [5.74, 6) is -0.974. The summed E-state index contributed by atoms with van der Waals surface area (Å²) < 4.78 is 18.9. The molecule has 1 aliphatic rings. The molecule has 0 spiro atoms. The molecule has 0 unspecified atom stereocenters. The average Bonchev–Trinajstić information content (AvgIpc) is 3.22. The Kier molecular flexibility index (Phi) is 4.37. The lowest BCUT2D eigenvalue weighted by molar-refractivity contribution is -0.133. The predicted molar refractivity (Wildman–Crippen MR) is 72.3 cm³/mol.